The molecule has 1 aliphatic carbocycles. The van der Waals surface area contributed by atoms with Crippen LogP contribution in [0.5, 0.6) is 23.0 Å². The average molecular weight is 805 g/mol. The average Bonchev–Trinajstić information content (AvgIpc) is 4.11. The Labute approximate surface area is 347 Å². The van der Waals surface area contributed by atoms with Gasteiger partial charge in [0.25, 0.3) is 0 Å². The molecule has 0 fully saturated rings. The van der Waals surface area contributed by atoms with E-state index in [4.69, 9.17) is 38.9 Å². The molecule has 3 aromatic heterocycles. The zero-order chi connectivity index (χ0) is 39.5. The first-order valence-electron chi connectivity index (χ1n) is 19.2. The molecule has 0 N–H and O–H groups in total. The molecule has 1 unspecified atom stereocenters. The predicted molar refractivity (Wildman–Crippen MR) is 227 cm³/mol. The molecule has 10 rings (SSSR count). The number of fused-ring (bicyclic) bond motifs is 10. The summed E-state index contributed by atoms with van der Waals surface area (Å²) in [4.78, 5) is 21.5. The summed E-state index contributed by atoms with van der Waals surface area (Å²) >= 11 is 0. The first kappa shape index (κ1) is 35.6. The molecule has 3 aliphatic rings. The molecule has 0 amide bonds. The Hall–Kier alpha value is -6.83. The number of benzene rings is 4. The number of rotatable bonds is 7. The number of hydrogen-bond acceptors (Lipinski definition) is 6. The molecule has 4 aromatic carbocycles. The van der Waals surface area contributed by atoms with E-state index >= 15 is 0 Å². The van der Waals surface area contributed by atoms with Crippen molar-refractivity contribution < 1.29 is 36.8 Å². The van der Waals surface area contributed by atoms with Crippen molar-refractivity contribution in [1.82, 2.24) is 19.9 Å². The Bertz CT molecular complexity index is 3010. The second kappa shape index (κ2) is 14.9. The van der Waals surface area contributed by atoms with Gasteiger partial charge >= 0.3 is 16.5 Å². The second-order valence-electron chi connectivity index (χ2n) is 13.9. The van der Waals surface area contributed by atoms with Crippen LogP contribution in [0.1, 0.15) is 29.7 Å². The number of aromatic nitrogens is 4. The van der Waals surface area contributed by atoms with Gasteiger partial charge in [-0.2, -0.15) is 0 Å². The minimum absolute atomic E-state index is 0. The maximum Gasteiger partial charge on any atom is 2.00 e. The van der Waals surface area contributed by atoms with Crippen molar-refractivity contribution in [3.8, 4) is 67.5 Å². The van der Waals surface area contributed by atoms with Crippen molar-refractivity contribution in [3.63, 3.8) is 0 Å². The van der Waals surface area contributed by atoms with Crippen LogP contribution in [0.25, 0.3) is 90.4 Å². The van der Waals surface area contributed by atoms with Crippen molar-refractivity contribution in [2.24, 2.45) is 0 Å². The van der Waals surface area contributed by atoms with Crippen LogP contribution in [-0.2, 0) is 22.9 Å². The Morgan fingerprint density at radius 3 is 1.34 bits per heavy atom. The van der Waals surface area contributed by atoms with Crippen LogP contribution in [0.2, 0.25) is 0 Å². The van der Waals surface area contributed by atoms with Crippen molar-refractivity contribution in [3.05, 3.63) is 144 Å². The van der Waals surface area contributed by atoms with Gasteiger partial charge in [0.2, 0.25) is 0 Å². The molecule has 0 saturated heterocycles. The number of ether oxygens (including phenoxy) is 4. The van der Waals surface area contributed by atoms with Crippen LogP contribution in [0.4, 0.5) is 0 Å². The molecule has 5 heterocycles. The topological polar surface area (TPSA) is 90.9 Å². The number of methoxy groups -OCH3 is 4. The van der Waals surface area contributed by atoms with Crippen LogP contribution >= 0.6 is 0 Å². The van der Waals surface area contributed by atoms with Crippen LogP contribution in [-0.4, -0.2) is 38.4 Å². The van der Waals surface area contributed by atoms with E-state index in [-0.39, 0.29) is 16.5 Å². The van der Waals surface area contributed by atoms with Gasteiger partial charge in [-0.1, -0.05) is 66.7 Å². The Morgan fingerprint density at radius 1 is 0.483 bits per heavy atom. The molecular formula is C49H36N4NiO4. The third kappa shape index (κ3) is 6.25. The van der Waals surface area contributed by atoms with Gasteiger partial charge in [-0.05, 0) is 122 Å². The monoisotopic (exact) mass is 803 g/mol. The van der Waals surface area contributed by atoms with Gasteiger partial charge in [0.1, 0.15) is 23.0 Å². The van der Waals surface area contributed by atoms with E-state index in [1.165, 1.54) is 0 Å². The molecule has 7 aromatic rings. The second-order valence-corrected chi connectivity index (χ2v) is 13.9. The standard InChI is InChI=1S/C49H36N4O4.Ni/c1-54-33-11-5-28(6-12-33)45-38-19-20-39(50-38)46(29-7-13-34(55-2)14-8-29)41-23-24-43(52-41)48-37-18-17-36(57-4)26-31(37)25-32-27-44(53-49(32)48)47(42-22-21-40(45)51-42)30-9-15-35(56-3)16-10-30;/h5-24,26-27H,25H2,1-4H3;/q-2;+2/i25D;. The van der Waals surface area contributed by atoms with Gasteiger partial charge in [0.15, 0.2) is 0 Å². The van der Waals surface area contributed by atoms with Crippen molar-refractivity contribution in [2.75, 3.05) is 28.4 Å². The summed E-state index contributed by atoms with van der Waals surface area (Å²) in [6.07, 6.45) is 5.42. The van der Waals surface area contributed by atoms with Gasteiger partial charge in [-0.3, -0.25) is 0 Å². The minimum Gasteiger partial charge on any atom is -0.657 e. The summed E-state index contributed by atoms with van der Waals surface area (Å²) in [5.74, 6) is 2.93. The molecular weight excluding hydrogens is 767 g/mol. The first-order valence-corrected chi connectivity index (χ1v) is 18.6. The van der Waals surface area contributed by atoms with Gasteiger partial charge < -0.3 is 28.9 Å². The molecule has 286 valence electrons. The first-order chi connectivity index (χ1) is 28.4. The van der Waals surface area contributed by atoms with Gasteiger partial charge in [0, 0.05) is 7.77 Å². The summed E-state index contributed by atoms with van der Waals surface area (Å²) < 4.78 is 31.9. The summed E-state index contributed by atoms with van der Waals surface area (Å²) in [5, 5.41) is 0. The van der Waals surface area contributed by atoms with E-state index < -0.39 is 6.40 Å². The zero-order valence-electron chi connectivity index (χ0n) is 33.0. The van der Waals surface area contributed by atoms with Crippen LogP contribution < -0.4 is 28.9 Å². The van der Waals surface area contributed by atoms with E-state index in [0.717, 1.165) is 106 Å². The molecule has 1 atom stereocenters. The van der Waals surface area contributed by atoms with Gasteiger partial charge in [-0.15, -0.1) is 22.1 Å². The van der Waals surface area contributed by atoms with E-state index in [1.54, 1.807) is 28.4 Å². The van der Waals surface area contributed by atoms with E-state index in [0.29, 0.717) is 17.1 Å². The maximum atomic E-state index is 9.65. The quantitative estimate of drug-likeness (QED) is 0.147. The van der Waals surface area contributed by atoms with E-state index in [2.05, 4.69) is 0 Å². The number of allylic oxidation sites excluding steroid dienone is 1. The summed E-state index contributed by atoms with van der Waals surface area (Å²) in [5.41, 5.74) is 14.7. The molecule has 0 radical (unpaired) electrons. The number of hydrogen-bond donors (Lipinski definition) is 0. The van der Waals surface area contributed by atoms with Crippen LogP contribution in [0, 0.1) is 0 Å². The third-order valence-corrected chi connectivity index (χ3v) is 10.7. The molecule has 8 bridgehead atoms. The smallest absolute Gasteiger partial charge is 0.657 e. The van der Waals surface area contributed by atoms with E-state index in [1.807, 2.05) is 133 Å². The zero-order valence-corrected chi connectivity index (χ0v) is 33.0. The van der Waals surface area contributed by atoms with Crippen LogP contribution in [0.3, 0.4) is 0 Å². The molecule has 9 heteroatoms. The molecule has 2 aliphatic heterocycles. The molecule has 0 spiro atoms. The predicted octanol–water partition coefficient (Wildman–Crippen LogP) is 10.5. The minimum atomic E-state index is -0.718. The van der Waals surface area contributed by atoms with Crippen molar-refractivity contribution in [2.45, 2.75) is 6.40 Å². The van der Waals surface area contributed by atoms with Gasteiger partial charge in [0.05, 0.1) is 51.2 Å². The fourth-order valence-electron chi connectivity index (χ4n) is 7.92. The van der Waals surface area contributed by atoms with Crippen LogP contribution in [0.15, 0.2) is 115 Å². The fourth-order valence-corrected chi connectivity index (χ4v) is 7.92. The molecule has 8 nitrogen and oxygen atoms in total. The Morgan fingerprint density at radius 2 is 0.897 bits per heavy atom. The summed E-state index contributed by atoms with van der Waals surface area (Å²) in [6, 6.07) is 37.9. The van der Waals surface area contributed by atoms with Crippen molar-refractivity contribution >= 4 is 45.9 Å². The summed E-state index contributed by atoms with van der Waals surface area (Å²) in [7, 11) is 6.63. The summed E-state index contributed by atoms with van der Waals surface area (Å²) in [6.45, 7) is 0. The molecule has 0 saturated carbocycles. The number of nitrogens with zero attached hydrogens (tertiary/aromatic N) is 4. The van der Waals surface area contributed by atoms with Crippen molar-refractivity contribution in [1.29, 1.82) is 0 Å². The molecule has 58 heavy (non-hydrogen) atoms. The Balaban J connectivity index is 0.00000449. The van der Waals surface area contributed by atoms with E-state index in [9.17, 15) is 1.37 Å². The maximum absolute atomic E-state index is 9.65. The third-order valence-electron chi connectivity index (χ3n) is 10.7. The fraction of sp³-hybridized carbons (Fsp3) is 0.102. The van der Waals surface area contributed by atoms with Gasteiger partial charge in [-0.25, -0.2) is 9.97 Å². The SMILES string of the molecule is [2H]C1C2=Cc3nc2c(c2ccc([n-]2)c(-c2ccc(OC)cc2)c2nc(c(-c4ccc(OC)cc4)c4ccc([n-]4)c3-c3ccc(OC)cc3)C=C2)-c2ccc(OC)cc21.[Ni+2]. The largest absolute Gasteiger partial charge is 2.00 e. The Kier molecular flexibility index (Phi) is 9.15. The normalized spacial score (nSPS) is 13.8.